The molecule has 2 aromatic rings. The van der Waals surface area contributed by atoms with Crippen LogP contribution in [0.5, 0.6) is 0 Å². The highest BCUT2D eigenvalue weighted by Crippen LogP contribution is 2.20. The molecule has 0 bridgehead atoms. The summed E-state index contributed by atoms with van der Waals surface area (Å²) in [5.74, 6) is -1.35. The molecular formula is C15H16ClN3O3. The first-order valence-electron chi connectivity index (χ1n) is 6.65. The van der Waals surface area contributed by atoms with Gasteiger partial charge in [-0.1, -0.05) is 23.7 Å². The molecular weight excluding hydrogens is 306 g/mol. The number of carboxylic acid groups (broad SMARTS) is 1. The van der Waals surface area contributed by atoms with Crippen LogP contribution in [0.1, 0.15) is 34.1 Å². The predicted octanol–water partition coefficient (Wildman–Crippen LogP) is 2.33. The predicted molar refractivity (Wildman–Crippen MR) is 81.9 cm³/mol. The molecule has 6 nitrogen and oxygen atoms in total. The van der Waals surface area contributed by atoms with E-state index in [9.17, 15) is 9.59 Å². The quantitative estimate of drug-likeness (QED) is 0.885. The number of benzene rings is 1. The summed E-state index contributed by atoms with van der Waals surface area (Å²) in [6, 6.07) is 6.08. The maximum Gasteiger partial charge on any atom is 0.305 e. The topological polar surface area (TPSA) is 84.2 Å². The van der Waals surface area contributed by atoms with E-state index in [0.29, 0.717) is 21.8 Å². The van der Waals surface area contributed by atoms with Crippen LogP contribution in [0.2, 0.25) is 5.02 Å². The average molecular weight is 322 g/mol. The molecule has 0 unspecified atom stereocenters. The van der Waals surface area contributed by atoms with Crippen LogP contribution in [0.3, 0.4) is 0 Å². The molecule has 1 amide bonds. The van der Waals surface area contributed by atoms with Crippen molar-refractivity contribution >= 4 is 23.5 Å². The van der Waals surface area contributed by atoms with E-state index >= 15 is 0 Å². The number of carbonyl (C=O) groups excluding carboxylic acids is 1. The highest BCUT2D eigenvalue weighted by atomic mass is 35.5. The van der Waals surface area contributed by atoms with Gasteiger partial charge in [-0.2, -0.15) is 5.10 Å². The zero-order valence-electron chi connectivity index (χ0n) is 12.2. The molecule has 1 heterocycles. The SMILES string of the molecule is Cc1nn(C)cc1C(=O)N[C@@H](CC(=O)O)c1ccc(Cl)cc1. The number of halogens is 1. The van der Waals surface area contributed by atoms with E-state index in [-0.39, 0.29) is 12.3 Å². The molecule has 1 aromatic carbocycles. The van der Waals surface area contributed by atoms with Gasteiger partial charge in [-0.3, -0.25) is 14.3 Å². The molecule has 2 N–H and O–H groups in total. The Morgan fingerprint density at radius 3 is 2.50 bits per heavy atom. The van der Waals surface area contributed by atoms with Gasteiger partial charge in [-0.05, 0) is 24.6 Å². The van der Waals surface area contributed by atoms with E-state index < -0.39 is 12.0 Å². The van der Waals surface area contributed by atoms with Crippen molar-refractivity contribution < 1.29 is 14.7 Å². The lowest BCUT2D eigenvalue weighted by atomic mass is 10.0. The van der Waals surface area contributed by atoms with Crippen LogP contribution in [0.4, 0.5) is 0 Å². The van der Waals surface area contributed by atoms with Gasteiger partial charge < -0.3 is 10.4 Å². The first-order valence-corrected chi connectivity index (χ1v) is 7.03. The van der Waals surface area contributed by atoms with Gasteiger partial charge >= 0.3 is 5.97 Å². The van der Waals surface area contributed by atoms with Crippen LogP contribution in [0.25, 0.3) is 0 Å². The first-order chi connectivity index (χ1) is 10.4. The van der Waals surface area contributed by atoms with Gasteiger partial charge in [0.1, 0.15) is 0 Å². The molecule has 0 fully saturated rings. The number of hydrogen-bond donors (Lipinski definition) is 2. The maximum absolute atomic E-state index is 12.3. The number of amides is 1. The number of aromatic nitrogens is 2. The highest BCUT2D eigenvalue weighted by molar-refractivity contribution is 6.30. The van der Waals surface area contributed by atoms with E-state index in [2.05, 4.69) is 10.4 Å². The molecule has 0 aliphatic rings. The molecule has 0 spiro atoms. The third kappa shape index (κ3) is 3.85. The van der Waals surface area contributed by atoms with Gasteiger partial charge in [-0.15, -0.1) is 0 Å². The number of aliphatic carboxylic acids is 1. The minimum atomic E-state index is -0.997. The number of nitrogens with zero attached hydrogens (tertiary/aromatic N) is 2. The van der Waals surface area contributed by atoms with Crippen molar-refractivity contribution in [2.24, 2.45) is 7.05 Å². The third-order valence-corrected chi connectivity index (χ3v) is 3.47. The monoisotopic (exact) mass is 321 g/mol. The van der Waals surface area contributed by atoms with Gasteiger partial charge in [0.15, 0.2) is 0 Å². The Labute approximate surface area is 132 Å². The Bertz CT molecular complexity index is 695. The zero-order valence-corrected chi connectivity index (χ0v) is 13.0. The van der Waals surface area contributed by atoms with Crippen LogP contribution < -0.4 is 5.32 Å². The smallest absolute Gasteiger partial charge is 0.305 e. The Morgan fingerprint density at radius 2 is 2.00 bits per heavy atom. The minimum Gasteiger partial charge on any atom is -0.481 e. The lowest BCUT2D eigenvalue weighted by Crippen LogP contribution is -2.30. The van der Waals surface area contributed by atoms with E-state index in [1.54, 1.807) is 49.1 Å². The fourth-order valence-electron chi connectivity index (χ4n) is 2.18. The summed E-state index contributed by atoms with van der Waals surface area (Å²) in [5, 5.41) is 16.4. The summed E-state index contributed by atoms with van der Waals surface area (Å²) in [6.07, 6.45) is 1.39. The largest absolute Gasteiger partial charge is 0.481 e. The molecule has 0 aliphatic carbocycles. The van der Waals surface area contributed by atoms with E-state index in [0.717, 1.165) is 0 Å². The van der Waals surface area contributed by atoms with Crippen LogP contribution in [0.15, 0.2) is 30.5 Å². The highest BCUT2D eigenvalue weighted by Gasteiger charge is 2.21. The van der Waals surface area contributed by atoms with E-state index in [4.69, 9.17) is 16.7 Å². The summed E-state index contributed by atoms with van der Waals surface area (Å²) in [4.78, 5) is 23.4. The second-order valence-electron chi connectivity index (χ2n) is 4.98. The second kappa shape index (κ2) is 6.62. The molecule has 22 heavy (non-hydrogen) atoms. The molecule has 0 aliphatic heterocycles. The van der Waals surface area contributed by atoms with Crippen LogP contribution in [0, 0.1) is 6.92 Å². The summed E-state index contributed by atoms with van der Waals surface area (Å²) >= 11 is 5.83. The summed E-state index contributed by atoms with van der Waals surface area (Å²) in [5.41, 5.74) is 1.69. The normalized spacial score (nSPS) is 12.0. The van der Waals surface area contributed by atoms with Crippen molar-refractivity contribution in [1.82, 2.24) is 15.1 Å². The number of rotatable bonds is 5. The number of carbonyl (C=O) groups is 2. The summed E-state index contributed by atoms with van der Waals surface area (Å²) in [6.45, 7) is 1.73. The minimum absolute atomic E-state index is 0.216. The van der Waals surface area contributed by atoms with Crippen molar-refractivity contribution in [3.8, 4) is 0 Å². The van der Waals surface area contributed by atoms with Crippen LogP contribution >= 0.6 is 11.6 Å². The van der Waals surface area contributed by atoms with Crippen molar-refractivity contribution in [2.75, 3.05) is 0 Å². The van der Waals surface area contributed by atoms with Gasteiger partial charge in [0.2, 0.25) is 0 Å². The number of aryl methyl sites for hydroxylation is 2. The number of carboxylic acids is 1. The molecule has 0 saturated carbocycles. The second-order valence-corrected chi connectivity index (χ2v) is 5.41. The van der Waals surface area contributed by atoms with Crippen molar-refractivity contribution in [1.29, 1.82) is 0 Å². The average Bonchev–Trinajstić information content (AvgIpc) is 2.77. The van der Waals surface area contributed by atoms with Gasteiger partial charge in [0.25, 0.3) is 5.91 Å². The molecule has 0 saturated heterocycles. The fourth-order valence-corrected chi connectivity index (χ4v) is 2.31. The van der Waals surface area contributed by atoms with Crippen molar-refractivity contribution in [3.05, 3.63) is 52.3 Å². The number of hydrogen-bond acceptors (Lipinski definition) is 3. The molecule has 1 aromatic heterocycles. The van der Waals surface area contributed by atoms with E-state index in [1.165, 1.54) is 0 Å². The lowest BCUT2D eigenvalue weighted by Gasteiger charge is -2.17. The van der Waals surface area contributed by atoms with Gasteiger partial charge in [-0.25, -0.2) is 0 Å². The van der Waals surface area contributed by atoms with Crippen LogP contribution in [-0.4, -0.2) is 26.8 Å². The third-order valence-electron chi connectivity index (χ3n) is 3.21. The van der Waals surface area contributed by atoms with Crippen molar-refractivity contribution in [3.63, 3.8) is 0 Å². The molecule has 7 heteroatoms. The summed E-state index contributed by atoms with van der Waals surface area (Å²) < 4.78 is 1.54. The molecule has 2 rings (SSSR count). The lowest BCUT2D eigenvalue weighted by molar-refractivity contribution is -0.137. The molecule has 1 atom stereocenters. The Hall–Kier alpha value is -2.34. The summed E-state index contributed by atoms with van der Waals surface area (Å²) in [7, 11) is 1.72. The Morgan fingerprint density at radius 1 is 1.36 bits per heavy atom. The Balaban J connectivity index is 2.23. The standard InChI is InChI=1S/C15H16ClN3O3/c1-9-12(8-19(2)18-9)15(22)17-13(7-14(20)21)10-3-5-11(16)6-4-10/h3-6,8,13H,7H2,1-2H3,(H,17,22)(H,20,21)/t13-/m0/s1. The molecule has 0 radical (unpaired) electrons. The fraction of sp³-hybridized carbons (Fsp3) is 0.267. The number of nitrogens with one attached hydrogen (secondary N) is 1. The first kappa shape index (κ1) is 16.0. The van der Waals surface area contributed by atoms with E-state index in [1.807, 2.05) is 0 Å². The zero-order chi connectivity index (χ0) is 16.3. The van der Waals surface area contributed by atoms with Crippen molar-refractivity contribution in [2.45, 2.75) is 19.4 Å². The van der Waals surface area contributed by atoms with Gasteiger partial charge in [0.05, 0.1) is 23.7 Å². The Kier molecular flexibility index (Phi) is 4.82. The maximum atomic E-state index is 12.3. The molecule has 116 valence electrons. The van der Waals surface area contributed by atoms with Crippen LogP contribution in [-0.2, 0) is 11.8 Å². The van der Waals surface area contributed by atoms with Gasteiger partial charge in [0, 0.05) is 18.3 Å².